The van der Waals surface area contributed by atoms with E-state index in [1.165, 1.54) is 0 Å². The molecule has 0 spiro atoms. The van der Waals surface area contributed by atoms with Crippen LogP contribution >= 0.6 is 27.3 Å². The summed E-state index contributed by atoms with van der Waals surface area (Å²) in [6.45, 7) is 6.28. The highest BCUT2D eigenvalue weighted by Crippen LogP contribution is 2.23. The van der Waals surface area contributed by atoms with Gasteiger partial charge in [-0.1, -0.05) is 13.8 Å². The maximum Gasteiger partial charge on any atom is 0.246 e. The molecule has 21 heavy (non-hydrogen) atoms. The smallest absolute Gasteiger partial charge is 0.246 e. The van der Waals surface area contributed by atoms with Gasteiger partial charge in [-0.2, -0.15) is 0 Å². The van der Waals surface area contributed by atoms with Gasteiger partial charge in [-0.25, -0.2) is 0 Å². The number of hydrogen-bond acceptors (Lipinski definition) is 3. The van der Waals surface area contributed by atoms with Crippen molar-refractivity contribution in [1.82, 2.24) is 9.80 Å². The van der Waals surface area contributed by atoms with Gasteiger partial charge in [-0.3, -0.25) is 9.59 Å². The first kappa shape index (κ1) is 16.2. The summed E-state index contributed by atoms with van der Waals surface area (Å²) in [7, 11) is 0. The Bertz CT molecular complexity index is 546. The number of rotatable bonds is 3. The van der Waals surface area contributed by atoms with Crippen molar-refractivity contribution in [3.05, 3.63) is 26.9 Å². The molecule has 0 aromatic carbocycles. The average molecular weight is 371 g/mol. The Morgan fingerprint density at radius 3 is 2.33 bits per heavy atom. The Kier molecular flexibility index (Phi) is 5.58. The maximum absolute atomic E-state index is 12.1. The third-order valence-corrected chi connectivity index (χ3v) is 4.97. The molecule has 0 bridgehead atoms. The van der Waals surface area contributed by atoms with Gasteiger partial charge in [0.1, 0.15) is 0 Å². The second-order valence-corrected chi connectivity index (χ2v) is 7.78. The minimum Gasteiger partial charge on any atom is -0.339 e. The monoisotopic (exact) mass is 370 g/mol. The van der Waals surface area contributed by atoms with E-state index >= 15 is 0 Å². The van der Waals surface area contributed by atoms with E-state index in [1.807, 2.05) is 37.0 Å². The van der Waals surface area contributed by atoms with E-state index in [9.17, 15) is 9.59 Å². The highest BCUT2D eigenvalue weighted by molar-refractivity contribution is 9.11. The summed E-state index contributed by atoms with van der Waals surface area (Å²) in [5.41, 5.74) is 0. The number of carbonyl (C=O) groups excluding carboxylic acids is 2. The van der Waals surface area contributed by atoms with Gasteiger partial charge in [0.05, 0.1) is 3.79 Å². The lowest BCUT2D eigenvalue weighted by molar-refractivity contribution is -0.139. The fourth-order valence-electron chi connectivity index (χ4n) is 2.19. The molecule has 4 nitrogen and oxygen atoms in total. The van der Waals surface area contributed by atoms with E-state index in [1.54, 1.807) is 22.3 Å². The van der Waals surface area contributed by atoms with Crippen LogP contribution in [0.1, 0.15) is 18.7 Å². The molecular weight excluding hydrogens is 352 g/mol. The van der Waals surface area contributed by atoms with Gasteiger partial charge < -0.3 is 9.80 Å². The molecule has 1 saturated heterocycles. The van der Waals surface area contributed by atoms with Crippen LogP contribution in [0.5, 0.6) is 0 Å². The Morgan fingerprint density at radius 1 is 1.19 bits per heavy atom. The molecule has 0 saturated carbocycles. The summed E-state index contributed by atoms with van der Waals surface area (Å²) in [6, 6.07) is 3.93. The summed E-state index contributed by atoms with van der Waals surface area (Å²) in [6.07, 6.45) is 3.45. The zero-order valence-corrected chi connectivity index (χ0v) is 14.6. The molecule has 2 rings (SSSR count). The van der Waals surface area contributed by atoms with Crippen LogP contribution in [-0.2, 0) is 9.59 Å². The lowest BCUT2D eigenvalue weighted by atomic mass is 10.1. The number of thiophene rings is 1. The largest absolute Gasteiger partial charge is 0.339 e. The van der Waals surface area contributed by atoms with E-state index in [2.05, 4.69) is 15.9 Å². The topological polar surface area (TPSA) is 40.6 Å². The van der Waals surface area contributed by atoms with Gasteiger partial charge in [0, 0.05) is 43.1 Å². The lowest BCUT2D eigenvalue weighted by Gasteiger charge is -2.35. The van der Waals surface area contributed by atoms with Crippen molar-refractivity contribution in [3.8, 4) is 0 Å². The highest BCUT2D eigenvalue weighted by atomic mass is 79.9. The quantitative estimate of drug-likeness (QED) is 0.767. The molecule has 1 fully saturated rings. The standard InChI is InChI=1S/C15H19BrN2O2S/c1-11(2)15(20)18-9-7-17(8-10-18)14(19)6-4-12-3-5-13(16)21-12/h3-6,11H,7-10H2,1-2H3/b6-4+. The van der Waals surface area contributed by atoms with Crippen molar-refractivity contribution < 1.29 is 9.59 Å². The molecule has 2 amide bonds. The number of halogens is 1. The van der Waals surface area contributed by atoms with Crippen LogP contribution in [0, 0.1) is 5.92 Å². The van der Waals surface area contributed by atoms with Crippen LogP contribution in [0.2, 0.25) is 0 Å². The van der Waals surface area contributed by atoms with E-state index in [0.717, 1.165) is 8.66 Å². The van der Waals surface area contributed by atoms with Crippen molar-refractivity contribution >= 4 is 45.2 Å². The Labute approximate surface area is 137 Å². The zero-order chi connectivity index (χ0) is 15.4. The molecule has 1 aliphatic rings. The number of carbonyl (C=O) groups is 2. The van der Waals surface area contributed by atoms with Gasteiger partial charge in [-0.15, -0.1) is 11.3 Å². The number of nitrogens with zero attached hydrogens (tertiary/aromatic N) is 2. The van der Waals surface area contributed by atoms with Gasteiger partial charge in [0.2, 0.25) is 11.8 Å². The second kappa shape index (κ2) is 7.22. The third-order valence-electron chi connectivity index (χ3n) is 3.38. The summed E-state index contributed by atoms with van der Waals surface area (Å²) in [5, 5.41) is 0. The summed E-state index contributed by atoms with van der Waals surface area (Å²) in [5.74, 6) is 0.196. The van der Waals surface area contributed by atoms with E-state index in [4.69, 9.17) is 0 Å². The molecule has 1 aromatic heterocycles. The Balaban J connectivity index is 1.86. The van der Waals surface area contributed by atoms with Gasteiger partial charge >= 0.3 is 0 Å². The molecule has 0 unspecified atom stereocenters. The van der Waals surface area contributed by atoms with E-state index in [0.29, 0.717) is 26.2 Å². The molecule has 114 valence electrons. The van der Waals surface area contributed by atoms with Crippen LogP contribution in [0.15, 0.2) is 22.0 Å². The molecule has 2 heterocycles. The summed E-state index contributed by atoms with van der Waals surface area (Å²) >= 11 is 4.99. The summed E-state index contributed by atoms with van der Waals surface area (Å²) < 4.78 is 1.05. The van der Waals surface area contributed by atoms with Gasteiger partial charge in [0.15, 0.2) is 0 Å². The van der Waals surface area contributed by atoms with Crippen molar-refractivity contribution in [2.24, 2.45) is 5.92 Å². The predicted molar refractivity (Wildman–Crippen MR) is 89.1 cm³/mol. The van der Waals surface area contributed by atoms with Crippen molar-refractivity contribution in [2.75, 3.05) is 26.2 Å². The minimum absolute atomic E-state index is 0.0103. The van der Waals surface area contributed by atoms with Gasteiger partial charge in [0.25, 0.3) is 0 Å². The molecule has 0 aliphatic carbocycles. The SMILES string of the molecule is CC(C)C(=O)N1CCN(C(=O)/C=C/c2ccc(Br)s2)CC1. The number of hydrogen-bond donors (Lipinski definition) is 0. The van der Waals surface area contributed by atoms with Crippen LogP contribution < -0.4 is 0 Å². The molecule has 0 atom stereocenters. The fourth-order valence-corrected chi connectivity index (χ4v) is 3.52. The van der Waals surface area contributed by atoms with Crippen molar-refractivity contribution in [1.29, 1.82) is 0 Å². The zero-order valence-electron chi connectivity index (χ0n) is 12.2. The molecule has 0 radical (unpaired) electrons. The first-order valence-electron chi connectivity index (χ1n) is 6.98. The van der Waals surface area contributed by atoms with E-state index in [-0.39, 0.29) is 17.7 Å². The molecule has 1 aliphatic heterocycles. The predicted octanol–water partition coefficient (Wildman–Crippen LogP) is 2.85. The normalized spacial score (nSPS) is 16.0. The number of piperazine rings is 1. The van der Waals surface area contributed by atoms with Crippen molar-refractivity contribution in [3.63, 3.8) is 0 Å². The van der Waals surface area contributed by atoms with Crippen LogP contribution in [0.3, 0.4) is 0 Å². The third kappa shape index (κ3) is 4.41. The average Bonchev–Trinajstić information content (AvgIpc) is 2.89. The minimum atomic E-state index is 0.0103. The highest BCUT2D eigenvalue weighted by Gasteiger charge is 2.24. The number of amides is 2. The Morgan fingerprint density at radius 2 is 1.81 bits per heavy atom. The molecule has 1 aromatic rings. The second-order valence-electron chi connectivity index (χ2n) is 5.28. The van der Waals surface area contributed by atoms with Crippen LogP contribution in [0.25, 0.3) is 6.08 Å². The van der Waals surface area contributed by atoms with Crippen LogP contribution in [-0.4, -0.2) is 47.8 Å². The van der Waals surface area contributed by atoms with Crippen LogP contribution in [0.4, 0.5) is 0 Å². The Hall–Kier alpha value is -1.14. The van der Waals surface area contributed by atoms with Crippen molar-refractivity contribution in [2.45, 2.75) is 13.8 Å². The summed E-state index contributed by atoms with van der Waals surface area (Å²) in [4.78, 5) is 28.7. The first-order valence-corrected chi connectivity index (χ1v) is 8.59. The maximum atomic E-state index is 12.1. The van der Waals surface area contributed by atoms with E-state index < -0.39 is 0 Å². The van der Waals surface area contributed by atoms with Gasteiger partial charge in [-0.05, 0) is 34.1 Å². The first-order chi connectivity index (χ1) is 9.97. The fraction of sp³-hybridized carbons (Fsp3) is 0.467. The molecule has 0 N–H and O–H groups in total. The molecule has 6 heteroatoms. The lowest BCUT2D eigenvalue weighted by Crippen LogP contribution is -2.51. The molecular formula is C15H19BrN2O2S.